The third kappa shape index (κ3) is 3.91. The van der Waals surface area contributed by atoms with E-state index in [1.165, 1.54) is 17.4 Å². The lowest BCUT2D eigenvalue weighted by Gasteiger charge is -2.33. The van der Waals surface area contributed by atoms with Crippen LogP contribution >= 0.6 is 11.3 Å². The number of anilines is 1. The van der Waals surface area contributed by atoms with E-state index in [1.807, 2.05) is 0 Å². The van der Waals surface area contributed by atoms with Crippen LogP contribution in [0.15, 0.2) is 28.9 Å². The maximum atomic E-state index is 12.0. The van der Waals surface area contributed by atoms with Crippen molar-refractivity contribution in [2.24, 2.45) is 11.3 Å². The van der Waals surface area contributed by atoms with E-state index in [2.05, 4.69) is 31.1 Å². The molecule has 0 fully saturated rings. The summed E-state index contributed by atoms with van der Waals surface area (Å²) >= 11 is 1.61. The third-order valence-electron chi connectivity index (χ3n) is 4.34. The number of aryl methyl sites for hydroxylation is 1. The minimum Gasteiger partial charge on any atom is -0.465 e. The Kier molecular flexibility index (Phi) is 4.39. The number of carbonyl (C=O) groups excluding carboxylic acids is 1. The first-order valence-electron chi connectivity index (χ1n) is 7.93. The van der Waals surface area contributed by atoms with Crippen molar-refractivity contribution in [3.05, 3.63) is 40.8 Å². The highest BCUT2D eigenvalue weighted by Crippen LogP contribution is 2.40. The number of carbonyl (C=O) groups is 1. The van der Waals surface area contributed by atoms with E-state index in [9.17, 15) is 4.79 Å². The Morgan fingerprint density at radius 2 is 2.30 bits per heavy atom. The van der Waals surface area contributed by atoms with Gasteiger partial charge in [-0.05, 0) is 48.8 Å². The molecular formula is C18H22N2O2S. The van der Waals surface area contributed by atoms with Gasteiger partial charge in [-0.3, -0.25) is 10.1 Å². The molecule has 0 saturated heterocycles. The van der Waals surface area contributed by atoms with E-state index in [1.54, 1.807) is 35.8 Å². The first-order chi connectivity index (χ1) is 10.9. The molecule has 0 radical (unpaired) electrons. The molecule has 1 N–H and O–H groups in total. The molecule has 1 atom stereocenters. The maximum absolute atomic E-state index is 12.0. The van der Waals surface area contributed by atoms with Crippen molar-refractivity contribution in [3.8, 4) is 0 Å². The molecule has 0 spiro atoms. The van der Waals surface area contributed by atoms with Gasteiger partial charge < -0.3 is 4.42 Å². The molecule has 5 heteroatoms. The van der Waals surface area contributed by atoms with Crippen LogP contribution in [0.5, 0.6) is 0 Å². The number of hydrogen-bond acceptors (Lipinski definition) is 4. The highest BCUT2D eigenvalue weighted by molar-refractivity contribution is 7.15. The monoisotopic (exact) mass is 330 g/mol. The number of amides is 1. The van der Waals surface area contributed by atoms with Crippen LogP contribution in [0.2, 0.25) is 0 Å². The van der Waals surface area contributed by atoms with Gasteiger partial charge in [0.1, 0.15) is 5.76 Å². The first kappa shape index (κ1) is 16.0. The van der Waals surface area contributed by atoms with Gasteiger partial charge in [0.2, 0.25) is 5.91 Å². The quantitative estimate of drug-likeness (QED) is 0.841. The Labute approximate surface area is 140 Å². The minimum atomic E-state index is -0.181. The molecule has 1 unspecified atom stereocenters. The fraction of sp³-hybridized carbons (Fsp3) is 0.444. The molecular weight excluding hydrogens is 308 g/mol. The predicted octanol–water partition coefficient (Wildman–Crippen LogP) is 4.54. The smallest absolute Gasteiger partial charge is 0.250 e. The molecule has 23 heavy (non-hydrogen) atoms. The number of hydrogen-bond donors (Lipinski definition) is 1. The van der Waals surface area contributed by atoms with Crippen LogP contribution in [0.4, 0.5) is 5.13 Å². The third-order valence-corrected chi connectivity index (χ3v) is 5.37. The SMILES string of the molecule is CC(C)(C)C1CCc2nc(NC(=O)/C=C/c3ccco3)sc2C1. The number of nitrogens with zero attached hydrogens (tertiary/aromatic N) is 1. The molecule has 3 rings (SSSR count). The summed E-state index contributed by atoms with van der Waals surface area (Å²) < 4.78 is 5.16. The Hall–Kier alpha value is -1.88. The fourth-order valence-corrected chi connectivity index (χ4v) is 3.95. The minimum absolute atomic E-state index is 0.181. The van der Waals surface area contributed by atoms with Gasteiger partial charge in [-0.1, -0.05) is 20.8 Å². The lowest BCUT2D eigenvalue weighted by Crippen LogP contribution is -2.26. The fourth-order valence-electron chi connectivity index (χ4n) is 2.86. The lowest BCUT2D eigenvalue weighted by molar-refractivity contribution is -0.111. The Balaban J connectivity index is 1.65. The normalized spacial score (nSPS) is 18.1. The van der Waals surface area contributed by atoms with Crippen LogP contribution in [0, 0.1) is 11.3 Å². The van der Waals surface area contributed by atoms with E-state index in [4.69, 9.17) is 4.42 Å². The molecule has 4 nitrogen and oxygen atoms in total. The average Bonchev–Trinajstić information content (AvgIpc) is 3.12. The summed E-state index contributed by atoms with van der Waals surface area (Å²) in [7, 11) is 0. The lowest BCUT2D eigenvalue weighted by atomic mass is 9.73. The number of nitrogens with one attached hydrogen (secondary N) is 1. The Bertz CT molecular complexity index is 708. The topological polar surface area (TPSA) is 55.1 Å². The first-order valence-corrected chi connectivity index (χ1v) is 8.74. The number of thiazole rings is 1. The van der Waals surface area contributed by atoms with Crippen LogP contribution in [0.1, 0.15) is 43.5 Å². The summed E-state index contributed by atoms with van der Waals surface area (Å²) in [6.45, 7) is 6.89. The largest absolute Gasteiger partial charge is 0.465 e. The Morgan fingerprint density at radius 3 is 3.00 bits per heavy atom. The zero-order valence-corrected chi connectivity index (χ0v) is 14.6. The van der Waals surface area contributed by atoms with Gasteiger partial charge in [0.25, 0.3) is 0 Å². The van der Waals surface area contributed by atoms with E-state index in [-0.39, 0.29) is 5.91 Å². The van der Waals surface area contributed by atoms with E-state index in [0.717, 1.165) is 18.5 Å². The van der Waals surface area contributed by atoms with Crippen molar-refractivity contribution in [3.63, 3.8) is 0 Å². The molecule has 2 aromatic rings. The number of fused-ring (bicyclic) bond motifs is 1. The van der Waals surface area contributed by atoms with E-state index >= 15 is 0 Å². The molecule has 0 saturated carbocycles. The number of furan rings is 1. The molecule has 0 aromatic carbocycles. The van der Waals surface area contributed by atoms with Gasteiger partial charge in [-0.2, -0.15) is 0 Å². The second-order valence-electron chi connectivity index (χ2n) is 7.03. The van der Waals surface area contributed by atoms with Gasteiger partial charge in [0.15, 0.2) is 5.13 Å². The summed E-state index contributed by atoms with van der Waals surface area (Å²) in [6, 6.07) is 3.59. The second kappa shape index (κ2) is 6.32. The summed E-state index contributed by atoms with van der Waals surface area (Å²) in [4.78, 5) is 17.9. The molecule has 2 aromatic heterocycles. The van der Waals surface area contributed by atoms with Crippen LogP contribution in [-0.4, -0.2) is 10.9 Å². The second-order valence-corrected chi connectivity index (χ2v) is 8.12. The molecule has 122 valence electrons. The molecule has 0 bridgehead atoms. The Morgan fingerprint density at radius 1 is 1.48 bits per heavy atom. The summed E-state index contributed by atoms with van der Waals surface area (Å²) in [5, 5.41) is 3.55. The summed E-state index contributed by atoms with van der Waals surface area (Å²) in [5.41, 5.74) is 1.47. The zero-order valence-electron chi connectivity index (χ0n) is 13.8. The van der Waals surface area contributed by atoms with Crippen LogP contribution in [-0.2, 0) is 17.6 Å². The number of rotatable bonds is 3. The van der Waals surface area contributed by atoms with Crippen LogP contribution < -0.4 is 5.32 Å². The van der Waals surface area contributed by atoms with Crippen molar-refractivity contribution in [2.45, 2.75) is 40.0 Å². The van der Waals surface area contributed by atoms with Crippen molar-refractivity contribution >= 4 is 28.5 Å². The summed E-state index contributed by atoms with van der Waals surface area (Å²) in [5.74, 6) is 1.16. The van der Waals surface area contributed by atoms with Crippen LogP contribution in [0.25, 0.3) is 6.08 Å². The summed E-state index contributed by atoms with van der Waals surface area (Å²) in [6.07, 6.45) is 7.94. The van der Waals surface area contributed by atoms with Crippen molar-refractivity contribution in [2.75, 3.05) is 5.32 Å². The highest BCUT2D eigenvalue weighted by Gasteiger charge is 2.30. The zero-order chi connectivity index (χ0) is 16.4. The molecule has 1 amide bonds. The van der Waals surface area contributed by atoms with Gasteiger partial charge in [-0.15, -0.1) is 11.3 Å². The van der Waals surface area contributed by atoms with Crippen molar-refractivity contribution < 1.29 is 9.21 Å². The van der Waals surface area contributed by atoms with Crippen molar-refractivity contribution in [1.29, 1.82) is 0 Å². The highest BCUT2D eigenvalue weighted by atomic mass is 32.1. The van der Waals surface area contributed by atoms with E-state index in [0.29, 0.717) is 22.2 Å². The predicted molar refractivity (Wildman–Crippen MR) is 93.5 cm³/mol. The van der Waals surface area contributed by atoms with E-state index < -0.39 is 0 Å². The van der Waals surface area contributed by atoms with Gasteiger partial charge in [-0.25, -0.2) is 4.98 Å². The molecule has 1 aliphatic rings. The molecule has 1 aliphatic carbocycles. The average molecular weight is 330 g/mol. The van der Waals surface area contributed by atoms with Gasteiger partial charge in [0, 0.05) is 11.0 Å². The van der Waals surface area contributed by atoms with Crippen molar-refractivity contribution in [1.82, 2.24) is 4.98 Å². The van der Waals surface area contributed by atoms with Gasteiger partial charge in [0.05, 0.1) is 12.0 Å². The molecule has 0 aliphatic heterocycles. The number of aromatic nitrogens is 1. The van der Waals surface area contributed by atoms with Gasteiger partial charge >= 0.3 is 0 Å². The molecule has 2 heterocycles. The maximum Gasteiger partial charge on any atom is 0.250 e. The standard InChI is InChI=1S/C18H22N2O2S/c1-18(2,3)12-6-8-14-15(11-12)23-17(19-14)20-16(21)9-7-13-5-4-10-22-13/h4-5,7,9-10,12H,6,8,11H2,1-3H3,(H,19,20,21)/b9-7+. The van der Waals surface area contributed by atoms with Crippen LogP contribution in [0.3, 0.4) is 0 Å².